The molecular formula is C19H21NO. The van der Waals surface area contributed by atoms with Gasteiger partial charge in [-0.05, 0) is 36.1 Å². The van der Waals surface area contributed by atoms with Crippen molar-refractivity contribution in [1.82, 2.24) is 0 Å². The van der Waals surface area contributed by atoms with Crippen molar-refractivity contribution in [3.63, 3.8) is 0 Å². The molecule has 1 heterocycles. The van der Waals surface area contributed by atoms with Crippen LogP contribution in [0.1, 0.15) is 48.8 Å². The zero-order valence-electron chi connectivity index (χ0n) is 12.4. The SMILES string of the molecule is CCCCC1=NCC(c2ccccc2)c2ccc(O)cc21. The van der Waals surface area contributed by atoms with Crippen molar-refractivity contribution < 1.29 is 5.11 Å². The molecule has 3 rings (SSSR count). The summed E-state index contributed by atoms with van der Waals surface area (Å²) in [6.45, 7) is 3.00. The molecule has 1 aliphatic heterocycles. The summed E-state index contributed by atoms with van der Waals surface area (Å²) in [6, 6.07) is 16.2. The molecule has 0 radical (unpaired) electrons. The van der Waals surface area contributed by atoms with Gasteiger partial charge < -0.3 is 5.11 Å². The van der Waals surface area contributed by atoms with E-state index >= 15 is 0 Å². The Balaban J connectivity index is 2.01. The van der Waals surface area contributed by atoms with E-state index in [1.807, 2.05) is 12.1 Å². The summed E-state index contributed by atoms with van der Waals surface area (Å²) < 4.78 is 0. The van der Waals surface area contributed by atoms with E-state index in [1.54, 1.807) is 6.07 Å². The number of rotatable bonds is 4. The molecule has 0 saturated heterocycles. The topological polar surface area (TPSA) is 32.6 Å². The van der Waals surface area contributed by atoms with Crippen LogP contribution >= 0.6 is 0 Å². The highest BCUT2D eigenvalue weighted by molar-refractivity contribution is 6.03. The van der Waals surface area contributed by atoms with Crippen LogP contribution in [0.2, 0.25) is 0 Å². The molecule has 1 unspecified atom stereocenters. The summed E-state index contributed by atoms with van der Waals surface area (Å²) in [4.78, 5) is 4.81. The average Bonchev–Trinajstić information content (AvgIpc) is 2.53. The number of benzene rings is 2. The van der Waals surface area contributed by atoms with Crippen LogP contribution in [0.4, 0.5) is 0 Å². The fourth-order valence-corrected chi connectivity index (χ4v) is 3.01. The first-order valence-corrected chi connectivity index (χ1v) is 7.71. The highest BCUT2D eigenvalue weighted by Gasteiger charge is 2.24. The van der Waals surface area contributed by atoms with Crippen molar-refractivity contribution in [3.8, 4) is 5.75 Å². The monoisotopic (exact) mass is 279 g/mol. The molecule has 0 aromatic heterocycles. The van der Waals surface area contributed by atoms with E-state index in [2.05, 4.69) is 37.3 Å². The molecule has 0 bridgehead atoms. The molecule has 0 saturated carbocycles. The van der Waals surface area contributed by atoms with E-state index in [0.29, 0.717) is 11.7 Å². The Hall–Kier alpha value is -2.09. The number of fused-ring (bicyclic) bond motifs is 1. The summed E-state index contributed by atoms with van der Waals surface area (Å²) in [5.74, 6) is 0.624. The third-order valence-corrected chi connectivity index (χ3v) is 4.16. The van der Waals surface area contributed by atoms with Crippen LogP contribution in [0.25, 0.3) is 0 Å². The van der Waals surface area contributed by atoms with E-state index in [9.17, 15) is 5.11 Å². The fraction of sp³-hybridized carbons (Fsp3) is 0.316. The van der Waals surface area contributed by atoms with Crippen molar-refractivity contribution >= 4 is 5.71 Å². The van der Waals surface area contributed by atoms with Crippen LogP contribution in [-0.2, 0) is 0 Å². The fourth-order valence-electron chi connectivity index (χ4n) is 3.01. The van der Waals surface area contributed by atoms with Gasteiger partial charge in [0.25, 0.3) is 0 Å². The summed E-state index contributed by atoms with van der Waals surface area (Å²) >= 11 is 0. The largest absolute Gasteiger partial charge is 0.508 e. The van der Waals surface area contributed by atoms with Gasteiger partial charge in [-0.3, -0.25) is 4.99 Å². The van der Waals surface area contributed by atoms with Gasteiger partial charge in [-0.15, -0.1) is 0 Å². The number of aliphatic imine (C=N–C) groups is 1. The molecule has 2 nitrogen and oxygen atoms in total. The number of nitrogens with zero attached hydrogens (tertiary/aromatic N) is 1. The third-order valence-electron chi connectivity index (χ3n) is 4.16. The lowest BCUT2D eigenvalue weighted by Crippen LogP contribution is -2.18. The molecule has 2 aromatic rings. The molecule has 21 heavy (non-hydrogen) atoms. The highest BCUT2D eigenvalue weighted by Crippen LogP contribution is 2.34. The second-order valence-electron chi connectivity index (χ2n) is 5.63. The van der Waals surface area contributed by atoms with Gasteiger partial charge in [-0.2, -0.15) is 0 Å². The van der Waals surface area contributed by atoms with E-state index in [0.717, 1.165) is 37.1 Å². The minimum Gasteiger partial charge on any atom is -0.508 e. The number of phenols is 1. The predicted molar refractivity (Wildman–Crippen MR) is 87.3 cm³/mol. The quantitative estimate of drug-likeness (QED) is 0.877. The Morgan fingerprint density at radius 1 is 1.14 bits per heavy atom. The molecule has 0 fully saturated rings. The first-order chi connectivity index (χ1) is 10.3. The lowest BCUT2D eigenvalue weighted by Gasteiger charge is -2.25. The Labute approximate surface area is 126 Å². The number of unbranched alkanes of at least 4 members (excludes halogenated alkanes) is 1. The Kier molecular flexibility index (Phi) is 4.05. The Morgan fingerprint density at radius 2 is 1.95 bits per heavy atom. The average molecular weight is 279 g/mol. The molecule has 0 spiro atoms. The van der Waals surface area contributed by atoms with Crippen LogP contribution in [-0.4, -0.2) is 17.4 Å². The van der Waals surface area contributed by atoms with Crippen molar-refractivity contribution in [3.05, 3.63) is 65.2 Å². The lowest BCUT2D eigenvalue weighted by molar-refractivity contribution is 0.474. The zero-order chi connectivity index (χ0) is 14.7. The van der Waals surface area contributed by atoms with Crippen LogP contribution in [0.15, 0.2) is 53.5 Å². The maximum Gasteiger partial charge on any atom is 0.116 e. The van der Waals surface area contributed by atoms with Crippen molar-refractivity contribution in [1.29, 1.82) is 0 Å². The van der Waals surface area contributed by atoms with Gasteiger partial charge in [-0.1, -0.05) is 49.7 Å². The minimum atomic E-state index is 0.298. The van der Waals surface area contributed by atoms with E-state index < -0.39 is 0 Å². The van der Waals surface area contributed by atoms with Gasteiger partial charge in [0.1, 0.15) is 5.75 Å². The van der Waals surface area contributed by atoms with Crippen LogP contribution in [0, 0.1) is 0 Å². The molecule has 2 aromatic carbocycles. The van der Waals surface area contributed by atoms with Crippen molar-refractivity contribution in [2.24, 2.45) is 4.99 Å². The number of hydrogen-bond donors (Lipinski definition) is 1. The molecule has 2 heteroatoms. The predicted octanol–water partition coefficient (Wildman–Crippen LogP) is 4.52. The van der Waals surface area contributed by atoms with Gasteiger partial charge >= 0.3 is 0 Å². The maximum absolute atomic E-state index is 9.83. The summed E-state index contributed by atoms with van der Waals surface area (Å²) in [6.07, 6.45) is 3.30. The number of hydrogen-bond acceptors (Lipinski definition) is 2. The van der Waals surface area contributed by atoms with Gasteiger partial charge in [-0.25, -0.2) is 0 Å². The standard InChI is InChI=1S/C19H21NO/c1-2-3-9-19-17-12-15(21)10-11-16(17)18(13-20-19)14-7-5-4-6-8-14/h4-8,10-12,18,21H,2-3,9,13H2,1H3. The minimum absolute atomic E-state index is 0.298. The normalized spacial score (nSPS) is 17.2. The smallest absolute Gasteiger partial charge is 0.116 e. The van der Waals surface area contributed by atoms with Crippen molar-refractivity contribution in [2.45, 2.75) is 32.1 Å². The first kappa shape index (κ1) is 13.9. The van der Waals surface area contributed by atoms with E-state index in [-0.39, 0.29) is 0 Å². The maximum atomic E-state index is 9.83. The van der Waals surface area contributed by atoms with Crippen molar-refractivity contribution in [2.75, 3.05) is 6.54 Å². The van der Waals surface area contributed by atoms with Crippen LogP contribution in [0.5, 0.6) is 5.75 Å². The lowest BCUT2D eigenvalue weighted by atomic mass is 9.83. The second kappa shape index (κ2) is 6.13. The third kappa shape index (κ3) is 2.85. The molecule has 1 N–H and O–H groups in total. The van der Waals surface area contributed by atoms with E-state index in [1.165, 1.54) is 11.1 Å². The number of phenolic OH excluding ortho intramolecular Hbond substituents is 1. The molecule has 0 amide bonds. The van der Waals surface area contributed by atoms with Crippen LogP contribution in [0.3, 0.4) is 0 Å². The highest BCUT2D eigenvalue weighted by atomic mass is 16.3. The number of aromatic hydroxyl groups is 1. The first-order valence-electron chi connectivity index (χ1n) is 7.71. The van der Waals surface area contributed by atoms with E-state index in [4.69, 9.17) is 4.99 Å². The molecule has 108 valence electrons. The molecule has 0 aliphatic carbocycles. The molecule has 1 atom stereocenters. The molecular weight excluding hydrogens is 258 g/mol. The molecule has 1 aliphatic rings. The van der Waals surface area contributed by atoms with Gasteiger partial charge in [0.2, 0.25) is 0 Å². The Bertz CT molecular complexity index is 646. The Morgan fingerprint density at radius 3 is 2.71 bits per heavy atom. The van der Waals surface area contributed by atoms with Gasteiger partial charge in [0.05, 0.1) is 6.54 Å². The summed E-state index contributed by atoms with van der Waals surface area (Å²) in [7, 11) is 0. The second-order valence-corrected chi connectivity index (χ2v) is 5.63. The van der Waals surface area contributed by atoms with Gasteiger partial charge in [0.15, 0.2) is 0 Å². The zero-order valence-corrected chi connectivity index (χ0v) is 12.4. The van der Waals surface area contributed by atoms with Gasteiger partial charge in [0, 0.05) is 17.2 Å². The van der Waals surface area contributed by atoms with Crippen LogP contribution < -0.4 is 0 Å². The summed E-state index contributed by atoms with van der Waals surface area (Å²) in [5.41, 5.74) is 4.86. The summed E-state index contributed by atoms with van der Waals surface area (Å²) in [5, 5.41) is 9.83.